The van der Waals surface area contributed by atoms with Gasteiger partial charge in [0, 0.05) is 39.3 Å². The zero-order chi connectivity index (χ0) is 12.3. The second-order valence-electron chi connectivity index (χ2n) is 4.01. The van der Waals surface area contributed by atoms with E-state index in [1.807, 2.05) is 4.90 Å². The van der Waals surface area contributed by atoms with Gasteiger partial charge in [0.1, 0.15) is 5.82 Å². The van der Waals surface area contributed by atoms with E-state index in [2.05, 4.69) is 16.0 Å². The summed E-state index contributed by atoms with van der Waals surface area (Å²) in [6.45, 7) is 4.55. The number of pyridine rings is 1. The van der Waals surface area contributed by atoms with Crippen molar-refractivity contribution in [2.45, 2.75) is 6.92 Å². The number of carbonyl (C=O) groups is 1. The SMILES string of the molecule is CC(=O)N1CCN(c2cc(C#N)ccn2)CC1. The molecular formula is C12H14N4O. The van der Waals surface area contributed by atoms with Crippen LogP contribution in [0.1, 0.15) is 12.5 Å². The molecule has 0 atom stereocenters. The number of aromatic nitrogens is 1. The van der Waals surface area contributed by atoms with Gasteiger partial charge in [0.15, 0.2) is 0 Å². The van der Waals surface area contributed by atoms with E-state index in [0.717, 1.165) is 18.9 Å². The molecule has 1 aromatic heterocycles. The number of piperazine rings is 1. The summed E-state index contributed by atoms with van der Waals surface area (Å²) in [6.07, 6.45) is 1.64. The predicted molar refractivity (Wildman–Crippen MR) is 63.4 cm³/mol. The zero-order valence-electron chi connectivity index (χ0n) is 9.76. The van der Waals surface area contributed by atoms with E-state index in [1.54, 1.807) is 25.3 Å². The van der Waals surface area contributed by atoms with Crippen LogP contribution < -0.4 is 4.90 Å². The van der Waals surface area contributed by atoms with Crippen LogP contribution in [0, 0.1) is 11.3 Å². The van der Waals surface area contributed by atoms with Gasteiger partial charge in [-0.2, -0.15) is 5.26 Å². The van der Waals surface area contributed by atoms with Gasteiger partial charge < -0.3 is 9.80 Å². The largest absolute Gasteiger partial charge is 0.353 e. The van der Waals surface area contributed by atoms with Gasteiger partial charge in [-0.15, -0.1) is 0 Å². The van der Waals surface area contributed by atoms with Crippen LogP contribution in [0.3, 0.4) is 0 Å². The highest BCUT2D eigenvalue weighted by molar-refractivity contribution is 5.73. The minimum atomic E-state index is 0.114. The van der Waals surface area contributed by atoms with Gasteiger partial charge in [-0.25, -0.2) is 4.98 Å². The maximum absolute atomic E-state index is 11.2. The molecule has 1 fully saturated rings. The van der Waals surface area contributed by atoms with Gasteiger partial charge in [-0.1, -0.05) is 0 Å². The number of nitrogens with zero attached hydrogens (tertiary/aromatic N) is 4. The standard InChI is InChI=1S/C12H14N4O/c1-10(17)15-4-6-16(7-5-15)12-8-11(9-13)2-3-14-12/h2-3,8H,4-7H2,1H3. The highest BCUT2D eigenvalue weighted by Crippen LogP contribution is 2.14. The van der Waals surface area contributed by atoms with Crippen molar-refractivity contribution < 1.29 is 4.79 Å². The van der Waals surface area contributed by atoms with Crippen LogP contribution >= 0.6 is 0 Å². The Hall–Kier alpha value is -2.09. The van der Waals surface area contributed by atoms with E-state index in [1.165, 1.54) is 0 Å². The number of amides is 1. The number of hydrogen-bond acceptors (Lipinski definition) is 4. The van der Waals surface area contributed by atoms with Crippen molar-refractivity contribution >= 4 is 11.7 Å². The Morgan fingerprint density at radius 1 is 1.41 bits per heavy atom. The van der Waals surface area contributed by atoms with Crippen molar-refractivity contribution in [2.24, 2.45) is 0 Å². The Balaban J connectivity index is 2.05. The molecule has 2 heterocycles. The van der Waals surface area contributed by atoms with Gasteiger partial charge in [-0.3, -0.25) is 4.79 Å². The van der Waals surface area contributed by atoms with Gasteiger partial charge in [0.05, 0.1) is 11.6 Å². The molecule has 88 valence electrons. The van der Waals surface area contributed by atoms with E-state index < -0.39 is 0 Å². The first-order valence-electron chi connectivity index (χ1n) is 5.57. The lowest BCUT2D eigenvalue weighted by molar-refractivity contribution is -0.129. The summed E-state index contributed by atoms with van der Waals surface area (Å²) in [5, 5.41) is 8.83. The molecule has 0 aliphatic carbocycles. The van der Waals surface area contributed by atoms with Crippen molar-refractivity contribution in [2.75, 3.05) is 31.1 Å². The number of rotatable bonds is 1. The van der Waals surface area contributed by atoms with Crippen LogP contribution in [0.15, 0.2) is 18.3 Å². The molecule has 0 radical (unpaired) electrons. The number of anilines is 1. The fraction of sp³-hybridized carbons (Fsp3) is 0.417. The summed E-state index contributed by atoms with van der Waals surface area (Å²) in [5.41, 5.74) is 0.615. The fourth-order valence-electron chi connectivity index (χ4n) is 1.91. The molecule has 0 unspecified atom stereocenters. The summed E-state index contributed by atoms with van der Waals surface area (Å²) in [6, 6.07) is 5.57. The first-order valence-corrected chi connectivity index (χ1v) is 5.57. The summed E-state index contributed by atoms with van der Waals surface area (Å²) in [7, 11) is 0. The van der Waals surface area contributed by atoms with E-state index in [0.29, 0.717) is 18.7 Å². The van der Waals surface area contributed by atoms with Crippen LogP contribution in [0.2, 0.25) is 0 Å². The van der Waals surface area contributed by atoms with Crippen LogP contribution in [-0.2, 0) is 4.79 Å². The lowest BCUT2D eigenvalue weighted by atomic mass is 10.2. The molecule has 1 aromatic rings. The molecule has 1 saturated heterocycles. The highest BCUT2D eigenvalue weighted by atomic mass is 16.2. The molecule has 0 aromatic carbocycles. The lowest BCUT2D eigenvalue weighted by Gasteiger charge is -2.34. The van der Waals surface area contributed by atoms with Crippen molar-refractivity contribution in [1.82, 2.24) is 9.88 Å². The van der Waals surface area contributed by atoms with Gasteiger partial charge in [0.2, 0.25) is 5.91 Å². The zero-order valence-corrected chi connectivity index (χ0v) is 9.76. The minimum absolute atomic E-state index is 0.114. The number of hydrogen-bond donors (Lipinski definition) is 0. The van der Waals surface area contributed by atoms with Gasteiger partial charge in [-0.05, 0) is 12.1 Å². The van der Waals surface area contributed by atoms with E-state index in [4.69, 9.17) is 5.26 Å². The second kappa shape index (κ2) is 4.83. The number of carbonyl (C=O) groups excluding carboxylic acids is 1. The third kappa shape index (κ3) is 2.53. The maximum Gasteiger partial charge on any atom is 0.219 e. The molecule has 2 rings (SSSR count). The average molecular weight is 230 g/mol. The molecule has 1 amide bonds. The Morgan fingerprint density at radius 2 is 2.12 bits per heavy atom. The first kappa shape index (κ1) is 11.4. The molecule has 17 heavy (non-hydrogen) atoms. The van der Waals surface area contributed by atoms with Crippen LogP contribution in [0.5, 0.6) is 0 Å². The summed E-state index contributed by atoms with van der Waals surface area (Å²) in [5.74, 6) is 0.927. The summed E-state index contributed by atoms with van der Waals surface area (Å²) < 4.78 is 0. The lowest BCUT2D eigenvalue weighted by Crippen LogP contribution is -2.48. The van der Waals surface area contributed by atoms with Crippen molar-refractivity contribution in [3.63, 3.8) is 0 Å². The molecule has 0 spiro atoms. The Labute approximate surface area is 100 Å². The third-order valence-corrected chi connectivity index (χ3v) is 2.92. The first-order chi connectivity index (χ1) is 8.20. The third-order valence-electron chi connectivity index (χ3n) is 2.92. The molecule has 5 nitrogen and oxygen atoms in total. The molecule has 0 N–H and O–H groups in total. The number of nitriles is 1. The van der Waals surface area contributed by atoms with Crippen LogP contribution in [-0.4, -0.2) is 42.0 Å². The quantitative estimate of drug-likeness (QED) is 0.709. The Bertz CT molecular complexity index is 458. The molecule has 0 bridgehead atoms. The molecule has 0 saturated carbocycles. The minimum Gasteiger partial charge on any atom is -0.353 e. The average Bonchev–Trinajstić information content (AvgIpc) is 2.39. The molecular weight excluding hydrogens is 216 g/mol. The summed E-state index contributed by atoms with van der Waals surface area (Å²) >= 11 is 0. The fourth-order valence-corrected chi connectivity index (χ4v) is 1.91. The van der Waals surface area contributed by atoms with E-state index >= 15 is 0 Å². The molecule has 1 aliphatic heterocycles. The molecule has 1 aliphatic rings. The van der Waals surface area contributed by atoms with Crippen molar-refractivity contribution in [3.05, 3.63) is 23.9 Å². The maximum atomic E-state index is 11.2. The van der Waals surface area contributed by atoms with Crippen molar-refractivity contribution in [3.8, 4) is 6.07 Å². The van der Waals surface area contributed by atoms with E-state index in [9.17, 15) is 4.79 Å². The Kier molecular flexibility index (Phi) is 3.24. The molecule has 5 heteroatoms. The van der Waals surface area contributed by atoms with Gasteiger partial charge in [0.25, 0.3) is 0 Å². The highest BCUT2D eigenvalue weighted by Gasteiger charge is 2.19. The van der Waals surface area contributed by atoms with Crippen molar-refractivity contribution in [1.29, 1.82) is 5.26 Å². The monoisotopic (exact) mass is 230 g/mol. The second-order valence-corrected chi connectivity index (χ2v) is 4.01. The van der Waals surface area contributed by atoms with Gasteiger partial charge >= 0.3 is 0 Å². The van der Waals surface area contributed by atoms with E-state index in [-0.39, 0.29) is 5.91 Å². The Morgan fingerprint density at radius 3 is 2.71 bits per heavy atom. The predicted octanol–water partition coefficient (Wildman–Crippen LogP) is 0.622. The summed E-state index contributed by atoms with van der Waals surface area (Å²) in [4.78, 5) is 19.4. The van der Waals surface area contributed by atoms with Crippen LogP contribution in [0.25, 0.3) is 0 Å². The normalized spacial score (nSPS) is 15.5. The smallest absolute Gasteiger partial charge is 0.219 e. The topological polar surface area (TPSA) is 60.2 Å². The van der Waals surface area contributed by atoms with Crippen LogP contribution in [0.4, 0.5) is 5.82 Å².